The van der Waals surface area contributed by atoms with Gasteiger partial charge in [-0.1, -0.05) is 37.3 Å². The van der Waals surface area contributed by atoms with Crippen LogP contribution in [0.15, 0.2) is 30.6 Å². The fourth-order valence-corrected chi connectivity index (χ4v) is 4.39. The van der Waals surface area contributed by atoms with Gasteiger partial charge in [0.1, 0.15) is 5.82 Å². The molecule has 0 bridgehead atoms. The number of imidazole rings is 1. The molecule has 0 N–H and O–H groups in total. The molecule has 1 aliphatic heterocycles. The van der Waals surface area contributed by atoms with Gasteiger partial charge in [0.15, 0.2) is 5.13 Å². The maximum atomic E-state index is 4.90. The minimum absolute atomic E-state index is 0.701. The third kappa shape index (κ3) is 2.63. The van der Waals surface area contributed by atoms with Gasteiger partial charge in [0.2, 0.25) is 0 Å². The molecule has 0 amide bonds. The zero-order valence-electron chi connectivity index (χ0n) is 13.7. The van der Waals surface area contributed by atoms with Crippen LogP contribution < -0.4 is 4.90 Å². The summed E-state index contributed by atoms with van der Waals surface area (Å²) in [7, 11) is 0. The van der Waals surface area contributed by atoms with Crippen LogP contribution in [0, 0.1) is 5.92 Å². The number of benzene rings is 1. The van der Waals surface area contributed by atoms with E-state index in [-0.39, 0.29) is 0 Å². The largest absolute Gasteiger partial charge is 0.347 e. The summed E-state index contributed by atoms with van der Waals surface area (Å²) < 4.78 is 3.61. The second-order valence-electron chi connectivity index (χ2n) is 6.23. The van der Waals surface area contributed by atoms with Crippen molar-refractivity contribution in [2.24, 2.45) is 5.92 Å². The highest BCUT2D eigenvalue weighted by atomic mass is 32.1. The van der Waals surface area contributed by atoms with Gasteiger partial charge in [-0.25, -0.2) is 9.97 Å². The third-order valence-corrected chi connectivity index (χ3v) is 5.75. The molecule has 0 radical (unpaired) electrons. The van der Waals surface area contributed by atoms with Crippen molar-refractivity contribution in [3.8, 4) is 0 Å². The number of thiazole rings is 1. The first-order valence-corrected chi connectivity index (χ1v) is 9.23. The highest BCUT2D eigenvalue weighted by molar-refractivity contribution is 7.22. The molecular formula is C18H22N4S. The number of para-hydroxylation sites is 1. The van der Waals surface area contributed by atoms with E-state index in [0.29, 0.717) is 5.92 Å². The summed E-state index contributed by atoms with van der Waals surface area (Å²) in [6, 6.07) is 6.52. The van der Waals surface area contributed by atoms with Gasteiger partial charge in [0.05, 0.1) is 10.2 Å². The van der Waals surface area contributed by atoms with E-state index in [4.69, 9.17) is 4.98 Å². The highest BCUT2D eigenvalue weighted by Crippen LogP contribution is 2.34. The molecule has 0 unspecified atom stereocenters. The van der Waals surface area contributed by atoms with Crippen molar-refractivity contribution in [2.75, 3.05) is 18.0 Å². The lowest BCUT2D eigenvalue weighted by atomic mass is 10.0. The van der Waals surface area contributed by atoms with Gasteiger partial charge in [-0.05, 0) is 18.1 Å². The average Bonchev–Trinajstić information content (AvgIpc) is 3.15. The van der Waals surface area contributed by atoms with Crippen LogP contribution in [0.3, 0.4) is 0 Å². The number of anilines is 1. The summed E-state index contributed by atoms with van der Waals surface area (Å²) in [5.41, 5.74) is 2.55. The van der Waals surface area contributed by atoms with Crippen molar-refractivity contribution in [3.05, 3.63) is 42.0 Å². The predicted octanol–water partition coefficient (Wildman–Crippen LogP) is 3.75. The Morgan fingerprint density at radius 2 is 2.09 bits per heavy atom. The average molecular weight is 326 g/mol. The number of aromatic nitrogens is 3. The van der Waals surface area contributed by atoms with Crippen LogP contribution in [0.25, 0.3) is 10.2 Å². The first-order valence-electron chi connectivity index (χ1n) is 8.41. The minimum Gasteiger partial charge on any atom is -0.347 e. The lowest BCUT2D eigenvalue weighted by molar-refractivity contribution is 0.353. The summed E-state index contributed by atoms with van der Waals surface area (Å²) in [6.07, 6.45) is 6.06. The summed E-state index contributed by atoms with van der Waals surface area (Å²) in [6.45, 7) is 7.64. The van der Waals surface area contributed by atoms with Crippen LogP contribution in [0.4, 0.5) is 5.13 Å². The molecule has 1 aromatic carbocycles. The molecule has 3 heterocycles. The van der Waals surface area contributed by atoms with E-state index in [9.17, 15) is 0 Å². The van der Waals surface area contributed by atoms with Crippen LogP contribution >= 0.6 is 11.3 Å². The van der Waals surface area contributed by atoms with E-state index in [0.717, 1.165) is 32.5 Å². The molecule has 1 aliphatic rings. The Balaban J connectivity index is 1.46. The van der Waals surface area contributed by atoms with Gasteiger partial charge in [-0.2, -0.15) is 0 Å². The van der Waals surface area contributed by atoms with Gasteiger partial charge in [-0.15, -0.1) is 0 Å². The molecule has 120 valence electrons. The molecule has 5 heteroatoms. The fourth-order valence-electron chi connectivity index (χ4n) is 3.35. The van der Waals surface area contributed by atoms with Crippen LogP contribution in [-0.2, 0) is 19.4 Å². The first-order chi connectivity index (χ1) is 11.3. The van der Waals surface area contributed by atoms with Gasteiger partial charge in [0, 0.05) is 44.4 Å². The van der Waals surface area contributed by atoms with Crippen LogP contribution in [0.1, 0.15) is 25.2 Å². The van der Waals surface area contributed by atoms with E-state index in [1.165, 1.54) is 26.7 Å². The normalized spacial score (nSPS) is 15.3. The van der Waals surface area contributed by atoms with Crippen LogP contribution in [0.2, 0.25) is 0 Å². The van der Waals surface area contributed by atoms with E-state index in [1.54, 1.807) is 0 Å². The Labute approximate surface area is 140 Å². The van der Waals surface area contributed by atoms with Crippen LogP contribution in [0.5, 0.6) is 0 Å². The quantitative estimate of drug-likeness (QED) is 0.716. The molecular weight excluding hydrogens is 304 g/mol. The summed E-state index contributed by atoms with van der Waals surface area (Å²) in [4.78, 5) is 11.7. The molecule has 0 saturated carbocycles. The zero-order chi connectivity index (χ0) is 15.8. The number of nitrogens with zero attached hydrogens (tertiary/aromatic N) is 4. The number of hydrogen-bond donors (Lipinski definition) is 0. The minimum atomic E-state index is 0.701. The highest BCUT2D eigenvalue weighted by Gasteiger charge is 2.29. The summed E-state index contributed by atoms with van der Waals surface area (Å²) in [5.74, 6) is 1.89. The molecule has 4 rings (SSSR count). The Hall–Kier alpha value is -1.88. The van der Waals surface area contributed by atoms with E-state index < -0.39 is 0 Å². The Kier molecular flexibility index (Phi) is 3.81. The van der Waals surface area contributed by atoms with Gasteiger partial charge >= 0.3 is 0 Å². The number of aryl methyl sites for hydroxylation is 2. The molecule has 3 aromatic rings. The number of rotatable bonds is 5. The summed E-state index contributed by atoms with van der Waals surface area (Å²) >= 11 is 1.82. The second kappa shape index (κ2) is 5.96. The predicted molar refractivity (Wildman–Crippen MR) is 96.3 cm³/mol. The molecule has 0 atom stereocenters. The summed E-state index contributed by atoms with van der Waals surface area (Å²) in [5, 5.41) is 1.18. The fraction of sp³-hybridized carbons (Fsp3) is 0.444. The molecule has 1 fully saturated rings. The number of fused-ring (bicyclic) bond motifs is 1. The van der Waals surface area contributed by atoms with E-state index in [1.807, 2.05) is 17.5 Å². The van der Waals surface area contributed by atoms with Crippen molar-refractivity contribution in [3.63, 3.8) is 0 Å². The smallest absolute Gasteiger partial charge is 0.186 e. The first kappa shape index (κ1) is 14.7. The molecule has 0 aliphatic carbocycles. The molecule has 23 heavy (non-hydrogen) atoms. The standard InChI is InChI=1S/C18H22N4S/c1-3-14-6-5-7-15-17(14)20-18(23-15)22-11-13(12-22)10-21-9-8-19-16(21)4-2/h5-9,13H,3-4,10-12H2,1-2H3. The van der Waals surface area contributed by atoms with Gasteiger partial charge in [0.25, 0.3) is 0 Å². The monoisotopic (exact) mass is 326 g/mol. The Morgan fingerprint density at radius 1 is 1.22 bits per heavy atom. The second-order valence-corrected chi connectivity index (χ2v) is 7.24. The molecule has 2 aromatic heterocycles. The molecule has 0 spiro atoms. The van der Waals surface area contributed by atoms with Crippen molar-refractivity contribution in [1.29, 1.82) is 0 Å². The van der Waals surface area contributed by atoms with Crippen LogP contribution in [-0.4, -0.2) is 27.6 Å². The third-order valence-electron chi connectivity index (χ3n) is 4.67. The number of hydrogen-bond acceptors (Lipinski definition) is 4. The van der Waals surface area contributed by atoms with Crippen molar-refractivity contribution in [2.45, 2.75) is 33.2 Å². The lowest BCUT2D eigenvalue weighted by Gasteiger charge is -2.39. The molecule has 1 saturated heterocycles. The van der Waals surface area contributed by atoms with E-state index >= 15 is 0 Å². The Bertz CT molecular complexity index is 813. The van der Waals surface area contributed by atoms with Gasteiger partial charge in [-0.3, -0.25) is 0 Å². The Morgan fingerprint density at radius 3 is 2.87 bits per heavy atom. The van der Waals surface area contributed by atoms with Crippen molar-refractivity contribution in [1.82, 2.24) is 14.5 Å². The SMILES string of the molecule is CCc1cccc2sc(N3CC(Cn4ccnc4CC)C3)nc12. The maximum Gasteiger partial charge on any atom is 0.186 e. The van der Waals surface area contributed by atoms with Gasteiger partial charge < -0.3 is 9.47 Å². The van der Waals surface area contributed by atoms with E-state index in [2.05, 4.69) is 52.7 Å². The van der Waals surface area contributed by atoms with Crippen molar-refractivity contribution >= 4 is 26.7 Å². The van der Waals surface area contributed by atoms with Crippen molar-refractivity contribution < 1.29 is 0 Å². The lowest BCUT2D eigenvalue weighted by Crippen LogP contribution is -2.48. The maximum absolute atomic E-state index is 4.90. The zero-order valence-corrected chi connectivity index (χ0v) is 14.5. The molecule has 4 nitrogen and oxygen atoms in total. The topological polar surface area (TPSA) is 34.0 Å².